The average Bonchev–Trinajstić information content (AvgIpc) is 3.18. The van der Waals surface area contributed by atoms with E-state index < -0.39 is 0 Å². The highest BCUT2D eigenvalue weighted by Crippen LogP contribution is 2.36. The Morgan fingerprint density at radius 3 is 2.92 bits per heavy atom. The van der Waals surface area contributed by atoms with Crippen molar-refractivity contribution < 1.29 is 4.74 Å². The van der Waals surface area contributed by atoms with E-state index in [1.807, 2.05) is 42.8 Å². The van der Waals surface area contributed by atoms with E-state index >= 15 is 0 Å². The van der Waals surface area contributed by atoms with Crippen molar-refractivity contribution in [1.82, 2.24) is 19.7 Å². The molecular formula is C17H14ClN5OS. The molecule has 0 aliphatic carbocycles. The second-order valence-corrected chi connectivity index (χ2v) is 6.77. The topological polar surface area (TPSA) is 78.8 Å². The number of anilines is 1. The predicted molar refractivity (Wildman–Crippen MR) is 99.8 cm³/mol. The van der Waals surface area contributed by atoms with Crippen LogP contribution in [0.2, 0.25) is 5.02 Å². The monoisotopic (exact) mass is 371 g/mol. The van der Waals surface area contributed by atoms with Gasteiger partial charge in [0.15, 0.2) is 0 Å². The zero-order valence-electron chi connectivity index (χ0n) is 13.3. The Kier molecular flexibility index (Phi) is 4.03. The third kappa shape index (κ3) is 3.04. The summed E-state index contributed by atoms with van der Waals surface area (Å²) in [4.78, 5) is 9.84. The van der Waals surface area contributed by atoms with Crippen molar-refractivity contribution in [1.29, 1.82) is 0 Å². The van der Waals surface area contributed by atoms with E-state index in [9.17, 15) is 0 Å². The minimum Gasteiger partial charge on any atom is -0.457 e. The average molecular weight is 372 g/mol. The molecule has 1 aromatic carbocycles. The molecular weight excluding hydrogens is 358 g/mol. The summed E-state index contributed by atoms with van der Waals surface area (Å²) < 4.78 is 7.54. The second-order valence-electron chi connectivity index (χ2n) is 5.47. The van der Waals surface area contributed by atoms with Gasteiger partial charge in [0.05, 0.1) is 22.5 Å². The molecule has 6 nitrogen and oxygen atoms in total. The van der Waals surface area contributed by atoms with Gasteiger partial charge in [-0.25, -0.2) is 0 Å². The third-order valence-electron chi connectivity index (χ3n) is 3.81. The number of thiophene rings is 1. The maximum absolute atomic E-state index is 6.13. The van der Waals surface area contributed by atoms with Gasteiger partial charge in [0, 0.05) is 29.2 Å². The molecule has 2 N–H and O–H groups in total. The molecule has 25 heavy (non-hydrogen) atoms. The Labute approximate surface area is 152 Å². The summed E-state index contributed by atoms with van der Waals surface area (Å²) in [6.07, 6.45) is 1.72. The number of halogens is 1. The van der Waals surface area contributed by atoms with E-state index in [2.05, 4.69) is 15.1 Å². The van der Waals surface area contributed by atoms with Crippen LogP contribution in [0.25, 0.3) is 21.5 Å². The van der Waals surface area contributed by atoms with E-state index in [-0.39, 0.29) is 0 Å². The van der Waals surface area contributed by atoms with Crippen LogP contribution in [0.3, 0.4) is 0 Å². The Bertz CT molecular complexity index is 1060. The third-order valence-corrected chi connectivity index (χ3v) is 4.94. The summed E-state index contributed by atoms with van der Waals surface area (Å²) >= 11 is 7.59. The van der Waals surface area contributed by atoms with Gasteiger partial charge in [0.1, 0.15) is 11.4 Å². The highest BCUT2D eigenvalue weighted by Gasteiger charge is 2.15. The first-order valence-electron chi connectivity index (χ1n) is 7.52. The Balaban J connectivity index is 1.78. The number of fused-ring (bicyclic) bond motifs is 1. The Hall–Kier alpha value is -2.64. The van der Waals surface area contributed by atoms with Gasteiger partial charge in [0.2, 0.25) is 0 Å². The van der Waals surface area contributed by atoms with Crippen LogP contribution in [-0.4, -0.2) is 19.7 Å². The number of nitrogen functional groups attached to an aromatic ring is 1. The standard InChI is InChI=1S/C17H14ClN5OS/c1-23-12(5-6-20-23)8-24-17-21-15(10-3-2-4-11(18)7-10)14-13(19)9-25-16(14)22-17/h2-7,9H,8,19H2,1H3. The molecule has 0 amide bonds. The maximum atomic E-state index is 6.13. The van der Waals surface area contributed by atoms with Crippen molar-refractivity contribution in [2.75, 3.05) is 5.73 Å². The number of aromatic nitrogens is 4. The summed E-state index contributed by atoms with van der Waals surface area (Å²) in [6, 6.07) is 9.68. The zero-order chi connectivity index (χ0) is 17.4. The summed E-state index contributed by atoms with van der Waals surface area (Å²) in [5.41, 5.74) is 9.28. The van der Waals surface area contributed by atoms with Gasteiger partial charge in [-0.1, -0.05) is 23.7 Å². The Morgan fingerprint density at radius 2 is 2.16 bits per heavy atom. The van der Waals surface area contributed by atoms with Crippen LogP contribution in [0.4, 0.5) is 5.69 Å². The lowest BCUT2D eigenvalue weighted by Gasteiger charge is -2.09. The van der Waals surface area contributed by atoms with Crippen LogP contribution in [0, 0.1) is 0 Å². The molecule has 3 heterocycles. The molecule has 0 spiro atoms. The van der Waals surface area contributed by atoms with Crippen molar-refractivity contribution in [3.05, 3.63) is 52.6 Å². The number of nitrogens with two attached hydrogens (primary N) is 1. The SMILES string of the molecule is Cn1nccc1COc1nc(-c2cccc(Cl)c2)c2c(N)csc2n1. The van der Waals surface area contributed by atoms with E-state index in [0.717, 1.165) is 21.5 Å². The highest BCUT2D eigenvalue weighted by atomic mass is 35.5. The van der Waals surface area contributed by atoms with E-state index in [1.165, 1.54) is 11.3 Å². The van der Waals surface area contributed by atoms with Crippen molar-refractivity contribution in [3.8, 4) is 17.3 Å². The summed E-state index contributed by atoms with van der Waals surface area (Å²) in [6.45, 7) is 0.331. The fourth-order valence-corrected chi connectivity index (χ4v) is 3.54. The number of rotatable bonds is 4. The number of aryl methyl sites for hydroxylation is 1. The van der Waals surface area contributed by atoms with E-state index in [4.69, 9.17) is 22.1 Å². The highest BCUT2D eigenvalue weighted by molar-refractivity contribution is 7.17. The summed E-state index contributed by atoms with van der Waals surface area (Å²) in [7, 11) is 1.86. The van der Waals surface area contributed by atoms with Crippen LogP contribution in [0.5, 0.6) is 6.01 Å². The van der Waals surface area contributed by atoms with Crippen LogP contribution in [0.15, 0.2) is 41.9 Å². The van der Waals surface area contributed by atoms with Crippen molar-refractivity contribution in [2.24, 2.45) is 7.05 Å². The largest absolute Gasteiger partial charge is 0.457 e. The fraction of sp³-hybridized carbons (Fsp3) is 0.118. The number of ether oxygens (including phenoxy) is 1. The van der Waals surface area contributed by atoms with E-state index in [1.54, 1.807) is 10.9 Å². The van der Waals surface area contributed by atoms with Crippen LogP contribution < -0.4 is 10.5 Å². The van der Waals surface area contributed by atoms with Gasteiger partial charge < -0.3 is 10.5 Å². The molecule has 0 radical (unpaired) electrons. The number of hydrogen-bond acceptors (Lipinski definition) is 6. The summed E-state index contributed by atoms with van der Waals surface area (Å²) in [5.74, 6) is 0. The molecule has 126 valence electrons. The molecule has 3 aromatic heterocycles. The molecule has 0 aliphatic heterocycles. The van der Waals surface area contributed by atoms with Crippen LogP contribution in [-0.2, 0) is 13.7 Å². The lowest BCUT2D eigenvalue weighted by molar-refractivity contribution is 0.272. The molecule has 4 rings (SSSR count). The first kappa shape index (κ1) is 15.9. The number of nitrogens with zero attached hydrogens (tertiary/aromatic N) is 4. The first-order valence-corrected chi connectivity index (χ1v) is 8.78. The van der Waals surface area contributed by atoms with Gasteiger partial charge in [0.25, 0.3) is 0 Å². The molecule has 8 heteroatoms. The van der Waals surface area contributed by atoms with E-state index in [0.29, 0.717) is 29.0 Å². The molecule has 4 aromatic rings. The predicted octanol–water partition coefficient (Wildman–Crippen LogP) is 3.91. The zero-order valence-corrected chi connectivity index (χ0v) is 14.9. The Morgan fingerprint density at radius 1 is 1.28 bits per heavy atom. The van der Waals surface area contributed by atoms with Crippen molar-refractivity contribution in [3.63, 3.8) is 0 Å². The van der Waals surface area contributed by atoms with Gasteiger partial charge >= 0.3 is 6.01 Å². The molecule has 0 fully saturated rings. The molecule has 0 bridgehead atoms. The van der Waals surface area contributed by atoms with Crippen molar-refractivity contribution >= 4 is 38.8 Å². The molecule has 0 saturated carbocycles. The van der Waals surface area contributed by atoms with Crippen LogP contribution in [0.1, 0.15) is 5.69 Å². The summed E-state index contributed by atoms with van der Waals surface area (Å²) in [5, 5.41) is 7.44. The molecule has 0 atom stereocenters. The van der Waals surface area contributed by atoms with Crippen molar-refractivity contribution in [2.45, 2.75) is 6.61 Å². The lowest BCUT2D eigenvalue weighted by atomic mass is 10.1. The number of benzene rings is 1. The van der Waals surface area contributed by atoms with Gasteiger partial charge in [-0.15, -0.1) is 11.3 Å². The number of hydrogen-bond donors (Lipinski definition) is 1. The van der Waals surface area contributed by atoms with Gasteiger partial charge in [-0.3, -0.25) is 4.68 Å². The van der Waals surface area contributed by atoms with Gasteiger partial charge in [-0.05, 0) is 18.2 Å². The maximum Gasteiger partial charge on any atom is 0.318 e. The smallest absolute Gasteiger partial charge is 0.318 e. The first-order chi connectivity index (χ1) is 12.1. The normalized spacial score (nSPS) is 11.1. The molecule has 0 saturated heterocycles. The quantitative estimate of drug-likeness (QED) is 0.588. The second kappa shape index (κ2) is 6.34. The minimum absolute atomic E-state index is 0.297. The molecule has 0 unspecified atom stereocenters. The fourth-order valence-electron chi connectivity index (χ4n) is 2.53. The molecule has 0 aliphatic rings. The van der Waals surface area contributed by atoms with Crippen LogP contribution >= 0.6 is 22.9 Å². The van der Waals surface area contributed by atoms with Gasteiger partial charge in [-0.2, -0.15) is 15.1 Å². The lowest BCUT2D eigenvalue weighted by Crippen LogP contribution is -2.05. The minimum atomic E-state index is 0.297.